The number of carbonyl (C=O) groups is 1. The van der Waals surface area contributed by atoms with Crippen LogP contribution in [-0.2, 0) is 4.79 Å². The predicted molar refractivity (Wildman–Crippen MR) is 106 cm³/mol. The second-order valence-corrected chi connectivity index (χ2v) is 5.74. The lowest BCUT2D eigenvalue weighted by atomic mass is 10.2. The van der Waals surface area contributed by atoms with Crippen LogP contribution in [0.2, 0.25) is 0 Å². The number of amides is 1. The number of rotatable bonds is 7. The molecule has 0 saturated carbocycles. The summed E-state index contributed by atoms with van der Waals surface area (Å²) in [4.78, 5) is 12.1. The molecule has 2 rings (SSSR count). The molecule has 0 aliphatic carbocycles. The Labute approximate surface area is 157 Å². The number of nitrogens with zero attached hydrogens (tertiary/aromatic N) is 1. The molecule has 7 nitrogen and oxygen atoms in total. The SMILES string of the molecule is COc1cc(/C=N\NC(N)=S)ccc1OCC(=O)Nc1ccccc1C. The van der Waals surface area contributed by atoms with Crippen LogP contribution < -0.4 is 25.9 Å². The minimum atomic E-state index is -0.257. The third kappa shape index (κ3) is 5.75. The lowest BCUT2D eigenvalue weighted by Crippen LogP contribution is -2.24. The molecule has 136 valence electrons. The van der Waals surface area contributed by atoms with Gasteiger partial charge in [-0.3, -0.25) is 10.2 Å². The van der Waals surface area contributed by atoms with Crippen molar-refractivity contribution in [3.63, 3.8) is 0 Å². The number of nitrogens with one attached hydrogen (secondary N) is 2. The number of hydrogen-bond acceptors (Lipinski definition) is 5. The van der Waals surface area contributed by atoms with E-state index < -0.39 is 0 Å². The summed E-state index contributed by atoms with van der Waals surface area (Å²) < 4.78 is 10.9. The standard InChI is InChI=1S/C18H20N4O3S/c1-12-5-3-4-6-14(12)21-17(23)11-25-15-8-7-13(9-16(15)24-2)10-20-22-18(19)26/h3-10H,11H2,1-2H3,(H,21,23)(H3,19,22,26)/b20-10-. The molecular weight excluding hydrogens is 352 g/mol. The first kappa shape index (κ1) is 19.2. The zero-order valence-corrected chi connectivity index (χ0v) is 15.3. The normalized spacial score (nSPS) is 10.4. The van der Waals surface area contributed by atoms with Gasteiger partial charge in [0.05, 0.1) is 13.3 Å². The molecule has 26 heavy (non-hydrogen) atoms. The maximum Gasteiger partial charge on any atom is 0.262 e. The van der Waals surface area contributed by atoms with Crippen molar-refractivity contribution < 1.29 is 14.3 Å². The van der Waals surface area contributed by atoms with Gasteiger partial charge in [0.25, 0.3) is 5.91 Å². The fourth-order valence-corrected chi connectivity index (χ4v) is 2.15. The van der Waals surface area contributed by atoms with Gasteiger partial charge < -0.3 is 20.5 Å². The Morgan fingerprint density at radius 1 is 1.27 bits per heavy atom. The number of hydrazone groups is 1. The van der Waals surface area contributed by atoms with Crippen molar-refractivity contribution in [2.45, 2.75) is 6.92 Å². The van der Waals surface area contributed by atoms with Gasteiger partial charge >= 0.3 is 0 Å². The van der Waals surface area contributed by atoms with Crippen LogP contribution in [0.3, 0.4) is 0 Å². The molecule has 4 N–H and O–H groups in total. The summed E-state index contributed by atoms with van der Waals surface area (Å²) in [7, 11) is 1.52. The van der Waals surface area contributed by atoms with Crippen LogP contribution in [0.5, 0.6) is 11.5 Å². The summed E-state index contributed by atoms with van der Waals surface area (Å²) in [6.07, 6.45) is 1.54. The monoisotopic (exact) mass is 372 g/mol. The summed E-state index contributed by atoms with van der Waals surface area (Å²) in [5.74, 6) is 0.674. The van der Waals surface area contributed by atoms with Gasteiger partial charge in [-0.15, -0.1) is 0 Å². The highest BCUT2D eigenvalue weighted by Gasteiger charge is 2.09. The van der Waals surface area contributed by atoms with Crippen LogP contribution in [0.4, 0.5) is 5.69 Å². The van der Waals surface area contributed by atoms with Crippen LogP contribution in [0.25, 0.3) is 0 Å². The highest BCUT2D eigenvalue weighted by Crippen LogP contribution is 2.27. The number of para-hydroxylation sites is 1. The highest BCUT2D eigenvalue weighted by molar-refractivity contribution is 7.80. The van der Waals surface area contributed by atoms with E-state index >= 15 is 0 Å². The van der Waals surface area contributed by atoms with Crippen LogP contribution in [-0.4, -0.2) is 31.0 Å². The Kier molecular flexibility index (Phi) is 6.92. The lowest BCUT2D eigenvalue weighted by molar-refractivity contribution is -0.118. The van der Waals surface area contributed by atoms with Gasteiger partial charge in [0.2, 0.25) is 0 Å². The van der Waals surface area contributed by atoms with E-state index in [1.165, 1.54) is 13.3 Å². The number of aryl methyl sites for hydroxylation is 1. The molecular formula is C18H20N4O3S. The van der Waals surface area contributed by atoms with Crippen molar-refractivity contribution in [1.29, 1.82) is 0 Å². The van der Waals surface area contributed by atoms with E-state index in [4.69, 9.17) is 15.2 Å². The van der Waals surface area contributed by atoms with Gasteiger partial charge in [-0.2, -0.15) is 5.10 Å². The summed E-state index contributed by atoms with van der Waals surface area (Å²) in [5, 5.41) is 6.76. The molecule has 0 atom stereocenters. The third-order valence-corrected chi connectivity index (χ3v) is 3.45. The third-order valence-electron chi connectivity index (χ3n) is 3.35. The fraction of sp³-hybridized carbons (Fsp3) is 0.167. The van der Waals surface area contributed by atoms with Crippen LogP contribution in [0.1, 0.15) is 11.1 Å². The Morgan fingerprint density at radius 3 is 2.73 bits per heavy atom. The molecule has 0 saturated heterocycles. The minimum Gasteiger partial charge on any atom is -0.493 e. The van der Waals surface area contributed by atoms with Gasteiger partial charge in [-0.1, -0.05) is 18.2 Å². The number of ether oxygens (including phenoxy) is 2. The number of benzene rings is 2. The first-order valence-electron chi connectivity index (χ1n) is 7.74. The van der Waals surface area contributed by atoms with Crippen molar-refractivity contribution >= 4 is 35.1 Å². The summed E-state index contributed by atoms with van der Waals surface area (Å²) in [6, 6.07) is 12.7. The lowest BCUT2D eigenvalue weighted by Gasteiger charge is -2.12. The minimum absolute atomic E-state index is 0.0767. The molecule has 0 spiro atoms. The number of nitrogens with two attached hydrogens (primary N) is 1. The molecule has 0 unspecified atom stereocenters. The van der Waals surface area contributed by atoms with E-state index in [9.17, 15) is 4.79 Å². The largest absolute Gasteiger partial charge is 0.493 e. The summed E-state index contributed by atoms with van der Waals surface area (Å²) >= 11 is 4.66. The van der Waals surface area contributed by atoms with Crippen molar-refractivity contribution in [3.8, 4) is 11.5 Å². The summed E-state index contributed by atoms with van der Waals surface area (Å²) in [6.45, 7) is 1.78. The molecule has 0 heterocycles. The van der Waals surface area contributed by atoms with Crippen molar-refractivity contribution in [2.75, 3.05) is 19.0 Å². The quantitative estimate of drug-likeness (QED) is 0.392. The van der Waals surface area contributed by atoms with E-state index in [0.717, 1.165) is 16.8 Å². The zero-order valence-electron chi connectivity index (χ0n) is 14.5. The Balaban J connectivity index is 1.98. The maximum absolute atomic E-state index is 12.1. The number of carbonyl (C=O) groups excluding carboxylic acids is 1. The number of hydrogen-bond donors (Lipinski definition) is 3. The first-order valence-corrected chi connectivity index (χ1v) is 8.15. The molecule has 0 aliphatic rings. The van der Waals surface area contributed by atoms with Gasteiger partial charge in [-0.05, 0) is 54.5 Å². The molecule has 0 aromatic heterocycles. The van der Waals surface area contributed by atoms with Crippen molar-refractivity contribution in [3.05, 3.63) is 53.6 Å². The highest BCUT2D eigenvalue weighted by atomic mass is 32.1. The van der Waals surface area contributed by atoms with Gasteiger partial charge in [0.15, 0.2) is 23.2 Å². The van der Waals surface area contributed by atoms with E-state index in [1.54, 1.807) is 18.2 Å². The Hall–Kier alpha value is -3.13. The van der Waals surface area contributed by atoms with Crippen LogP contribution in [0.15, 0.2) is 47.6 Å². The van der Waals surface area contributed by atoms with Crippen LogP contribution >= 0.6 is 12.2 Å². The number of methoxy groups -OCH3 is 1. The maximum atomic E-state index is 12.1. The second-order valence-electron chi connectivity index (χ2n) is 5.30. The van der Waals surface area contributed by atoms with E-state index in [-0.39, 0.29) is 17.6 Å². The molecule has 0 radical (unpaired) electrons. The smallest absolute Gasteiger partial charge is 0.262 e. The molecule has 8 heteroatoms. The number of anilines is 1. The van der Waals surface area contributed by atoms with Gasteiger partial charge in [0.1, 0.15) is 0 Å². The van der Waals surface area contributed by atoms with Crippen molar-refractivity contribution in [1.82, 2.24) is 5.43 Å². The Bertz CT molecular complexity index is 824. The van der Waals surface area contributed by atoms with Gasteiger partial charge in [0, 0.05) is 5.69 Å². The molecule has 1 amide bonds. The van der Waals surface area contributed by atoms with E-state index in [1.807, 2.05) is 31.2 Å². The first-order chi connectivity index (χ1) is 12.5. The Morgan fingerprint density at radius 2 is 2.04 bits per heavy atom. The predicted octanol–water partition coefficient (Wildman–Crippen LogP) is 2.19. The average molecular weight is 372 g/mol. The molecule has 0 fully saturated rings. The summed E-state index contributed by atoms with van der Waals surface area (Å²) in [5.41, 5.74) is 10.2. The molecule has 2 aromatic carbocycles. The van der Waals surface area contributed by atoms with Crippen molar-refractivity contribution in [2.24, 2.45) is 10.8 Å². The topological polar surface area (TPSA) is 98.0 Å². The molecule has 0 bridgehead atoms. The number of thiocarbonyl (C=S) groups is 1. The second kappa shape index (κ2) is 9.38. The fourth-order valence-electron chi connectivity index (χ4n) is 2.10. The average Bonchev–Trinajstić information content (AvgIpc) is 2.62. The van der Waals surface area contributed by atoms with E-state index in [0.29, 0.717) is 11.5 Å². The molecule has 0 aliphatic heterocycles. The molecule has 2 aromatic rings. The zero-order chi connectivity index (χ0) is 18.9. The van der Waals surface area contributed by atoms with E-state index in [2.05, 4.69) is 28.1 Å². The van der Waals surface area contributed by atoms with Gasteiger partial charge in [-0.25, -0.2) is 0 Å². The van der Waals surface area contributed by atoms with Crippen LogP contribution in [0, 0.1) is 6.92 Å².